The lowest BCUT2D eigenvalue weighted by molar-refractivity contribution is 0.233. The SMILES string of the molecule is CNc1nc(C)nc(N2CCN(C)C(C)C2)c1C. The van der Waals surface area contributed by atoms with E-state index >= 15 is 0 Å². The molecule has 0 radical (unpaired) electrons. The van der Waals surface area contributed by atoms with Crippen LogP contribution in [0.1, 0.15) is 18.3 Å². The zero-order valence-electron chi connectivity index (χ0n) is 12.0. The molecule has 1 atom stereocenters. The standard InChI is InChI=1S/C13H23N5/c1-9-8-18(7-6-17(9)5)13-10(2)12(14-4)15-11(3)16-13/h9H,6-8H2,1-5H3,(H,14,15,16). The second-order valence-electron chi connectivity index (χ2n) is 5.09. The molecule has 1 N–H and O–H groups in total. The second kappa shape index (κ2) is 5.10. The van der Waals surface area contributed by atoms with Crippen LogP contribution >= 0.6 is 0 Å². The highest BCUT2D eigenvalue weighted by molar-refractivity contribution is 5.58. The molecular weight excluding hydrogens is 226 g/mol. The third-order valence-electron chi connectivity index (χ3n) is 3.73. The zero-order chi connectivity index (χ0) is 13.3. The summed E-state index contributed by atoms with van der Waals surface area (Å²) in [5, 5.41) is 3.15. The molecule has 1 aromatic heterocycles. The van der Waals surface area contributed by atoms with Crippen LogP contribution in [0.15, 0.2) is 0 Å². The first kappa shape index (κ1) is 13.1. The third-order valence-corrected chi connectivity index (χ3v) is 3.73. The van der Waals surface area contributed by atoms with Crippen molar-refractivity contribution < 1.29 is 0 Å². The lowest BCUT2D eigenvalue weighted by atomic mass is 10.2. The van der Waals surface area contributed by atoms with E-state index in [1.54, 1.807) is 0 Å². The van der Waals surface area contributed by atoms with E-state index in [1.165, 1.54) is 0 Å². The number of likely N-dealkylation sites (N-methyl/N-ethyl adjacent to an activating group) is 1. The van der Waals surface area contributed by atoms with Crippen molar-refractivity contribution in [1.29, 1.82) is 0 Å². The van der Waals surface area contributed by atoms with Gasteiger partial charge in [-0.1, -0.05) is 0 Å². The minimum absolute atomic E-state index is 0.562. The predicted octanol–water partition coefficient (Wildman–Crippen LogP) is 1.28. The van der Waals surface area contributed by atoms with Crippen LogP contribution in [0, 0.1) is 13.8 Å². The van der Waals surface area contributed by atoms with E-state index in [-0.39, 0.29) is 0 Å². The predicted molar refractivity (Wildman–Crippen MR) is 75.4 cm³/mol. The first-order valence-corrected chi connectivity index (χ1v) is 6.51. The highest BCUT2D eigenvalue weighted by atomic mass is 15.3. The fraction of sp³-hybridized carbons (Fsp3) is 0.692. The van der Waals surface area contributed by atoms with Crippen LogP contribution in [0.2, 0.25) is 0 Å². The van der Waals surface area contributed by atoms with Gasteiger partial charge in [0, 0.05) is 38.3 Å². The van der Waals surface area contributed by atoms with E-state index in [1.807, 2.05) is 14.0 Å². The van der Waals surface area contributed by atoms with Gasteiger partial charge in [-0.05, 0) is 27.8 Å². The Bertz CT molecular complexity index is 432. The van der Waals surface area contributed by atoms with Gasteiger partial charge in [-0.2, -0.15) is 0 Å². The Balaban J connectivity index is 2.30. The van der Waals surface area contributed by atoms with Gasteiger partial charge in [0.25, 0.3) is 0 Å². The summed E-state index contributed by atoms with van der Waals surface area (Å²) in [6.07, 6.45) is 0. The number of nitrogens with zero attached hydrogens (tertiary/aromatic N) is 4. The van der Waals surface area contributed by atoms with Gasteiger partial charge >= 0.3 is 0 Å². The van der Waals surface area contributed by atoms with Crippen LogP contribution in [-0.4, -0.2) is 54.6 Å². The van der Waals surface area contributed by atoms with Crippen LogP contribution < -0.4 is 10.2 Å². The molecule has 1 aliphatic rings. The van der Waals surface area contributed by atoms with Crippen LogP contribution in [0.3, 0.4) is 0 Å². The van der Waals surface area contributed by atoms with Crippen molar-refractivity contribution in [3.05, 3.63) is 11.4 Å². The maximum absolute atomic E-state index is 4.62. The summed E-state index contributed by atoms with van der Waals surface area (Å²) in [5.74, 6) is 2.84. The Hall–Kier alpha value is -1.36. The molecule has 0 saturated carbocycles. The topological polar surface area (TPSA) is 44.3 Å². The fourth-order valence-electron chi connectivity index (χ4n) is 2.41. The van der Waals surface area contributed by atoms with Crippen LogP contribution in [0.25, 0.3) is 0 Å². The Morgan fingerprint density at radius 1 is 1.22 bits per heavy atom. The highest BCUT2D eigenvalue weighted by Gasteiger charge is 2.23. The first-order valence-electron chi connectivity index (χ1n) is 6.51. The van der Waals surface area contributed by atoms with Gasteiger partial charge in [0.1, 0.15) is 17.5 Å². The summed E-state index contributed by atoms with van der Waals surface area (Å²) >= 11 is 0. The molecule has 0 spiro atoms. The summed E-state index contributed by atoms with van der Waals surface area (Å²) in [4.78, 5) is 13.8. The van der Waals surface area contributed by atoms with E-state index in [4.69, 9.17) is 0 Å². The van der Waals surface area contributed by atoms with Gasteiger partial charge in [0.15, 0.2) is 0 Å². The molecule has 1 aromatic rings. The van der Waals surface area contributed by atoms with E-state index in [9.17, 15) is 0 Å². The van der Waals surface area contributed by atoms with Gasteiger partial charge in [0.05, 0.1) is 0 Å². The van der Waals surface area contributed by atoms with Crippen LogP contribution in [0.5, 0.6) is 0 Å². The van der Waals surface area contributed by atoms with Gasteiger partial charge in [-0.15, -0.1) is 0 Å². The number of hydrogen-bond acceptors (Lipinski definition) is 5. The highest BCUT2D eigenvalue weighted by Crippen LogP contribution is 2.25. The van der Waals surface area contributed by atoms with E-state index in [0.29, 0.717) is 6.04 Å². The van der Waals surface area contributed by atoms with E-state index < -0.39 is 0 Å². The lowest BCUT2D eigenvalue weighted by Gasteiger charge is -2.39. The number of rotatable bonds is 2. The summed E-state index contributed by atoms with van der Waals surface area (Å²) in [5.41, 5.74) is 1.14. The summed E-state index contributed by atoms with van der Waals surface area (Å²) in [7, 11) is 4.09. The Morgan fingerprint density at radius 3 is 2.56 bits per heavy atom. The third kappa shape index (κ3) is 2.41. The molecule has 5 heteroatoms. The van der Waals surface area contributed by atoms with Crippen molar-refractivity contribution in [2.75, 3.05) is 43.9 Å². The smallest absolute Gasteiger partial charge is 0.137 e. The van der Waals surface area contributed by atoms with Crippen molar-refractivity contribution >= 4 is 11.6 Å². The Kier molecular flexibility index (Phi) is 3.71. The van der Waals surface area contributed by atoms with Crippen molar-refractivity contribution in [3.8, 4) is 0 Å². The molecule has 2 heterocycles. The number of hydrogen-bond donors (Lipinski definition) is 1. The molecule has 1 unspecified atom stereocenters. The van der Waals surface area contributed by atoms with Gasteiger partial charge in [-0.25, -0.2) is 9.97 Å². The summed E-state index contributed by atoms with van der Waals surface area (Å²) < 4.78 is 0. The van der Waals surface area contributed by atoms with Crippen molar-refractivity contribution in [2.24, 2.45) is 0 Å². The molecule has 0 aromatic carbocycles. The Labute approximate surface area is 109 Å². The quantitative estimate of drug-likeness (QED) is 0.855. The molecule has 100 valence electrons. The molecule has 0 amide bonds. The fourth-order valence-corrected chi connectivity index (χ4v) is 2.41. The van der Waals surface area contributed by atoms with Gasteiger partial charge in [-0.3, -0.25) is 0 Å². The molecule has 18 heavy (non-hydrogen) atoms. The molecule has 0 bridgehead atoms. The minimum Gasteiger partial charge on any atom is -0.373 e. The summed E-state index contributed by atoms with van der Waals surface area (Å²) in [6, 6.07) is 0.562. The largest absolute Gasteiger partial charge is 0.373 e. The van der Waals surface area contributed by atoms with E-state index in [2.05, 4.69) is 46.0 Å². The average molecular weight is 249 g/mol. The first-order chi connectivity index (χ1) is 8.52. The monoisotopic (exact) mass is 249 g/mol. The van der Waals surface area contributed by atoms with Crippen LogP contribution in [0.4, 0.5) is 11.6 Å². The minimum atomic E-state index is 0.562. The molecule has 1 aliphatic heterocycles. The van der Waals surface area contributed by atoms with Crippen molar-refractivity contribution in [2.45, 2.75) is 26.8 Å². The number of nitrogens with one attached hydrogen (secondary N) is 1. The second-order valence-corrected chi connectivity index (χ2v) is 5.09. The Morgan fingerprint density at radius 2 is 1.94 bits per heavy atom. The maximum atomic E-state index is 4.62. The molecule has 0 aliphatic carbocycles. The number of aromatic nitrogens is 2. The summed E-state index contributed by atoms with van der Waals surface area (Å²) in [6.45, 7) is 9.43. The lowest BCUT2D eigenvalue weighted by Crippen LogP contribution is -2.50. The average Bonchev–Trinajstić information content (AvgIpc) is 2.35. The van der Waals surface area contributed by atoms with Crippen molar-refractivity contribution in [3.63, 3.8) is 0 Å². The molecule has 2 rings (SSSR count). The maximum Gasteiger partial charge on any atom is 0.137 e. The van der Waals surface area contributed by atoms with Gasteiger partial charge < -0.3 is 15.1 Å². The normalized spacial score (nSPS) is 21.2. The molecule has 1 fully saturated rings. The number of aryl methyl sites for hydroxylation is 1. The molecule has 1 saturated heterocycles. The van der Waals surface area contributed by atoms with Crippen molar-refractivity contribution in [1.82, 2.24) is 14.9 Å². The van der Waals surface area contributed by atoms with Crippen LogP contribution in [-0.2, 0) is 0 Å². The zero-order valence-corrected chi connectivity index (χ0v) is 12.0. The number of piperazine rings is 1. The molecule has 5 nitrogen and oxygen atoms in total. The molecular formula is C13H23N5. The van der Waals surface area contributed by atoms with Gasteiger partial charge in [0.2, 0.25) is 0 Å². The number of anilines is 2. The van der Waals surface area contributed by atoms with E-state index in [0.717, 1.165) is 42.7 Å².